The number of fused-ring (bicyclic) bond motifs is 13. The average molecular weight is 769 g/mol. The third-order valence-corrected chi connectivity index (χ3v) is 14.4. The lowest BCUT2D eigenvalue weighted by atomic mass is 9.82. The van der Waals surface area contributed by atoms with Gasteiger partial charge in [0.25, 0.3) is 0 Å². The lowest BCUT2D eigenvalue weighted by Crippen LogP contribution is -2.14. The van der Waals surface area contributed by atoms with Gasteiger partial charge in [0.05, 0.1) is 0 Å². The molecule has 276 valence electrons. The van der Waals surface area contributed by atoms with Crippen LogP contribution in [0.5, 0.6) is 0 Å². The second-order valence-corrected chi connectivity index (χ2v) is 17.8. The average Bonchev–Trinajstić information content (AvgIpc) is 3.91. The fourth-order valence-electron chi connectivity index (χ4n) is 10.6. The van der Waals surface area contributed by atoms with Crippen molar-refractivity contribution in [1.82, 2.24) is 0 Å². The zero-order valence-corrected chi connectivity index (χ0v) is 33.5. The topological polar surface area (TPSA) is 13.1 Å². The first-order valence-corrected chi connectivity index (χ1v) is 21.3. The van der Waals surface area contributed by atoms with Crippen molar-refractivity contribution in [2.24, 2.45) is 0 Å². The van der Waals surface area contributed by atoms with E-state index in [-0.39, 0.29) is 5.41 Å². The van der Waals surface area contributed by atoms with E-state index in [1.165, 1.54) is 108 Å². The van der Waals surface area contributed by atoms with Crippen molar-refractivity contribution >= 4 is 85.8 Å². The van der Waals surface area contributed by atoms with E-state index >= 15 is 0 Å². The van der Waals surface area contributed by atoms with E-state index in [4.69, 9.17) is 4.42 Å². The third kappa shape index (κ3) is 4.55. The number of rotatable bonds is 3. The van der Waals surface area contributed by atoms with Gasteiger partial charge in [-0.1, -0.05) is 172 Å². The molecule has 2 heterocycles. The Morgan fingerprint density at radius 1 is 0.390 bits per heavy atom. The van der Waals surface area contributed by atoms with Crippen LogP contribution in [0, 0.1) is 0 Å². The highest BCUT2D eigenvalue weighted by atomic mass is 32.1. The summed E-state index contributed by atoms with van der Waals surface area (Å²) in [6.45, 7) is 4.69. The first-order chi connectivity index (χ1) is 29.0. The summed E-state index contributed by atoms with van der Waals surface area (Å²) in [6.07, 6.45) is 0. The quantitative estimate of drug-likeness (QED) is 0.163. The monoisotopic (exact) mass is 768 g/mol. The van der Waals surface area contributed by atoms with E-state index in [0.717, 1.165) is 22.3 Å². The van der Waals surface area contributed by atoms with Gasteiger partial charge in [-0.05, 0) is 107 Å². The molecule has 0 saturated carbocycles. The van der Waals surface area contributed by atoms with Crippen molar-refractivity contribution in [2.45, 2.75) is 19.3 Å². The number of thiophene rings is 1. The predicted molar refractivity (Wildman–Crippen MR) is 253 cm³/mol. The van der Waals surface area contributed by atoms with Crippen LogP contribution >= 0.6 is 11.3 Å². The van der Waals surface area contributed by atoms with Crippen molar-refractivity contribution in [2.75, 3.05) is 0 Å². The zero-order chi connectivity index (χ0) is 39.0. The van der Waals surface area contributed by atoms with Gasteiger partial charge in [0.1, 0.15) is 11.2 Å². The molecule has 0 N–H and O–H groups in total. The van der Waals surface area contributed by atoms with Gasteiger partial charge >= 0.3 is 0 Å². The Hall–Kier alpha value is -7.00. The SMILES string of the molecule is CC1(C)c2ccccc2-c2c1ccc1oc3c(-c4ccc(-c5c6ccccc6c(-c6ccc7c(c6)sc6ccccc67)c6ccccc56)cc4)c4ccccc4cc3c21. The molecule has 13 rings (SSSR count). The van der Waals surface area contributed by atoms with E-state index in [1.54, 1.807) is 0 Å². The van der Waals surface area contributed by atoms with Crippen molar-refractivity contribution < 1.29 is 4.42 Å². The number of hydrogen-bond donors (Lipinski definition) is 0. The maximum absolute atomic E-state index is 6.98. The Morgan fingerprint density at radius 2 is 0.949 bits per heavy atom. The standard InChI is InChI=1S/C57H36OS/c1-57(2)46-21-11-9-20-44(46)54-47(57)29-30-48-55(54)45-31-35-13-3-4-14-37(35)53(56(45)58-48)34-25-23-33(24-26-34)51-40-16-5-7-18-42(40)52(43-19-8-6-17-41(43)51)36-27-28-39-38-15-10-12-22-49(38)59-50(39)32-36/h3-32H,1-2H3. The maximum atomic E-state index is 6.98. The Balaban J connectivity index is 1.02. The first-order valence-electron chi connectivity index (χ1n) is 20.5. The second kappa shape index (κ2) is 12.0. The largest absolute Gasteiger partial charge is 0.455 e. The van der Waals surface area contributed by atoms with Crippen molar-refractivity contribution in [1.29, 1.82) is 0 Å². The minimum atomic E-state index is -0.0848. The molecule has 0 bridgehead atoms. The fraction of sp³-hybridized carbons (Fsp3) is 0.0526. The van der Waals surface area contributed by atoms with Crippen LogP contribution in [0.2, 0.25) is 0 Å². The summed E-state index contributed by atoms with van der Waals surface area (Å²) < 4.78 is 9.64. The third-order valence-electron chi connectivity index (χ3n) is 13.3. The second-order valence-electron chi connectivity index (χ2n) is 16.7. The molecule has 2 heteroatoms. The highest BCUT2D eigenvalue weighted by Gasteiger charge is 2.37. The molecule has 12 aromatic rings. The van der Waals surface area contributed by atoms with E-state index in [9.17, 15) is 0 Å². The van der Waals surface area contributed by atoms with Crippen LogP contribution in [0.3, 0.4) is 0 Å². The molecule has 0 radical (unpaired) electrons. The summed E-state index contributed by atoms with van der Waals surface area (Å²) in [7, 11) is 0. The van der Waals surface area contributed by atoms with Crippen LogP contribution in [0.1, 0.15) is 25.0 Å². The first kappa shape index (κ1) is 33.0. The predicted octanol–water partition coefficient (Wildman–Crippen LogP) is 16.7. The van der Waals surface area contributed by atoms with Crippen LogP contribution in [-0.2, 0) is 5.41 Å². The van der Waals surface area contributed by atoms with Gasteiger partial charge in [0.2, 0.25) is 0 Å². The van der Waals surface area contributed by atoms with Crippen molar-refractivity contribution in [3.63, 3.8) is 0 Å². The molecule has 59 heavy (non-hydrogen) atoms. The molecular formula is C57H36OS. The molecule has 0 unspecified atom stereocenters. The Morgan fingerprint density at radius 3 is 1.68 bits per heavy atom. The van der Waals surface area contributed by atoms with Gasteiger partial charge in [-0.2, -0.15) is 0 Å². The molecule has 1 aliphatic carbocycles. The molecule has 0 atom stereocenters. The van der Waals surface area contributed by atoms with Crippen LogP contribution in [0.15, 0.2) is 186 Å². The Kier molecular flexibility index (Phi) is 6.73. The summed E-state index contributed by atoms with van der Waals surface area (Å²) in [6, 6.07) is 67.5. The van der Waals surface area contributed by atoms with Crippen molar-refractivity contribution in [3.8, 4) is 44.5 Å². The summed E-state index contributed by atoms with van der Waals surface area (Å²) in [5, 5.41) is 12.5. The van der Waals surface area contributed by atoms with E-state index in [1.807, 2.05) is 11.3 Å². The van der Waals surface area contributed by atoms with Gasteiger partial charge in [-0.25, -0.2) is 0 Å². The van der Waals surface area contributed by atoms with Crippen LogP contribution in [0.25, 0.3) is 119 Å². The van der Waals surface area contributed by atoms with Crippen molar-refractivity contribution in [3.05, 3.63) is 193 Å². The lowest BCUT2D eigenvalue weighted by molar-refractivity contribution is 0.657. The Bertz CT molecular complexity index is 3690. The Labute approximate surface area is 345 Å². The molecule has 10 aromatic carbocycles. The highest BCUT2D eigenvalue weighted by molar-refractivity contribution is 7.25. The van der Waals surface area contributed by atoms with E-state index in [0.29, 0.717) is 0 Å². The molecule has 1 nitrogen and oxygen atoms in total. The van der Waals surface area contributed by atoms with Gasteiger partial charge < -0.3 is 4.42 Å². The minimum Gasteiger partial charge on any atom is -0.455 e. The molecule has 2 aromatic heterocycles. The van der Waals surface area contributed by atoms with Crippen LogP contribution < -0.4 is 0 Å². The van der Waals surface area contributed by atoms with Gasteiger partial charge in [-0.15, -0.1) is 11.3 Å². The lowest BCUT2D eigenvalue weighted by Gasteiger charge is -2.21. The molecule has 0 aliphatic heterocycles. The number of furan rings is 1. The van der Waals surface area contributed by atoms with Crippen LogP contribution in [0.4, 0.5) is 0 Å². The molecule has 0 amide bonds. The molecule has 0 fully saturated rings. The smallest absolute Gasteiger partial charge is 0.143 e. The van der Waals surface area contributed by atoms with Gasteiger partial charge in [0, 0.05) is 41.9 Å². The molecule has 0 saturated heterocycles. The van der Waals surface area contributed by atoms with Crippen LogP contribution in [-0.4, -0.2) is 0 Å². The number of benzene rings is 10. The summed E-state index contributed by atoms with van der Waals surface area (Å²) in [5.41, 5.74) is 14.4. The summed E-state index contributed by atoms with van der Waals surface area (Å²) >= 11 is 1.88. The maximum Gasteiger partial charge on any atom is 0.143 e. The highest BCUT2D eigenvalue weighted by Crippen LogP contribution is 2.54. The molecular weight excluding hydrogens is 733 g/mol. The minimum absolute atomic E-state index is 0.0848. The summed E-state index contributed by atoms with van der Waals surface area (Å²) in [5.74, 6) is 0. The number of hydrogen-bond acceptors (Lipinski definition) is 2. The van der Waals surface area contributed by atoms with E-state index < -0.39 is 0 Å². The molecule has 0 spiro atoms. The molecule has 1 aliphatic rings. The van der Waals surface area contributed by atoms with E-state index in [2.05, 4.69) is 196 Å². The zero-order valence-electron chi connectivity index (χ0n) is 32.6. The normalized spacial score (nSPS) is 13.4. The van der Waals surface area contributed by atoms with Gasteiger partial charge in [-0.3, -0.25) is 0 Å². The summed E-state index contributed by atoms with van der Waals surface area (Å²) in [4.78, 5) is 0. The fourth-order valence-corrected chi connectivity index (χ4v) is 11.7. The van der Waals surface area contributed by atoms with Gasteiger partial charge in [0.15, 0.2) is 0 Å².